The summed E-state index contributed by atoms with van der Waals surface area (Å²) < 4.78 is 90.5. The largest absolute Gasteiger partial charge is 0.469 e. The maximum atomic E-state index is 12.9. The van der Waals surface area contributed by atoms with Gasteiger partial charge in [-0.2, -0.15) is 18.2 Å². The summed E-state index contributed by atoms with van der Waals surface area (Å²) in [5, 5.41) is 7.98. The molecule has 0 bridgehead atoms. The number of carbonyl (C=O) groups excluding carboxylic acids is 1. The van der Waals surface area contributed by atoms with E-state index in [1.807, 2.05) is 11.8 Å². The van der Waals surface area contributed by atoms with Crippen molar-refractivity contribution < 1.29 is 54.7 Å². The van der Waals surface area contributed by atoms with Crippen molar-refractivity contribution >= 4 is 46.7 Å². The average Bonchev–Trinajstić information content (AvgIpc) is 3.29. The summed E-state index contributed by atoms with van der Waals surface area (Å²) in [5.41, 5.74) is 0.110. The smallest absolute Gasteiger partial charge is 0.445 e. The zero-order chi connectivity index (χ0) is 31.4. The highest BCUT2D eigenvalue weighted by atomic mass is 32.2. The van der Waals surface area contributed by atoms with Gasteiger partial charge in [-0.25, -0.2) is 27.5 Å². The van der Waals surface area contributed by atoms with Crippen LogP contribution in [0.3, 0.4) is 0 Å². The molecule has 0 aromatic carbocycles. The Balaban J connectivity index is 1.44. The monoisotopic (exact) mass is 659 g/mol. The molecule has 2 aliphatic rings. The normalized spacial score (nSPS) is 22.1. The lowest BCUT2D eigenvalue weighted by Crippen LogP contribution is -2.41. The van der Waals surface area contributed by atoms with Crippen molar-refractivity contribution in [3.63, 3.8) is 0 Å². The number of alkyl halides is 3. The molecule has 242 valence electrons. The van der Waals surface area contributed by atoms with Crippen LogP contribution in [-0.4, -0.2) is 107 Å². The molecule has 21 heteroatoms. The molecule has 0 amide bonds. The second-order valence-electron chi connectivity index (χ2n) is 10.2. The first-order valence-corrected chi connectivity index (χ1v) is 16.6. The van der Waals surface area contributed by atoms with E-state index in [-0.39, 0.29) is 23.7 Å². The zero-order valence-corrected chi connectivity index (χ0v) is 24.8. The van der Waals surface area contributed by atoms with E-state index >= 15 is 0 Å². The van der Waals surface area contributed by atoms with Crippen LogP contribution in [-0.2, 0) is 28.6 Å². The lowest BCUT2D eigenvalue weighted by molar-refractivity contribution is -0.130. The molecule has 2 aromatic heterocycles. The molecule has 1 aliphatic carbocycles. The quantitative estimate of drug-likeness (QED) is 0.200. The lowest BCUT2D eigenvalue weighted by Gasteiger charge is -2.31. The molecule has 4 N–H and O–H groups in total. The highest BCUT2D eigenvalue weighted by molar-refractivity contribution is 7.89. The number of phosphoric acid groups is 1. The van der Waals surface area contributed by atoms with Crippen molar-refractivity contribution in [2.24, 2.45) is 0 Å². The van der Waals surface area contributed by atoms with Crippen LogP contribution in [0.5, 0.6) is 0 Å². The molecule has 43 heavy (non-hydrogen) atoms. The van der Waals surface area contributed by atoms with Crippen molar-refractivity contribution in [3.05, 3.63) is 6.20 Å². The summed E-state index contributed by atoms with van der Waals surface area (Å²) in [4.78, 5) is 41.2. The van der Waals surface area contributed by atoms with E-state index in [0.29, 0.717) is 56.6 Å². The summed E-state index contributed by atoms with van der Waals surface area (Å²) >= 11 is 0. The summed E-state index contributed by atoms with van der Waals surface area (Å²) in [5.74, 6) is -0.457. The molecule has 1 saturated carbocycles. The lowest BCUT2D eigenvalue weighted by atomic mass is 9.92. The van der Waals surface area contributed by atoms with Gasteiger partial charge in [0.15, 0.2) is 11.5 Å². The molecular formula is C22H33F3N7O9PS. The molecule has 1 aliphatic heterocycles. The van der Waals surface area contributed by atoms with Crippen LogP contribution >= 0.6 is 7.82 Å². The second-order valence-corrected chi connectivity index (χ2v) is 13.3. The number of fused-ring (bicyclic) bond motifs is 1. The number of hydrogen-bond donors (Lipinski definition) is 4. The number of halogens is 3. The molecule has 0 radical (unpaired) electrons. The Kier molecular flexibility index (Phi) is 10.5. The molecule has 0 unspecified atom stereocenters. The molecule has 0 spiro atoms. The van der Waals surface area contributed by atoms with Gasteiger partial charge in [0, 0.05) is 31.4 Å². The van der Waals surface area contributed by atoms with Crippen LogP contribution in [0.4, 0.5) is 29.7 Å². The first-order chi connectivity index (χ1) is 20.1. The predicted molar refractivity (Wildman–Crippen MR) is 145 cm³/mol. The molecule has 16 nitrogen and oxygen atoms in total. The number of nitrogens with one attached hydrogen (secondary N) is 2. The molecule has 1 saturated heterocycles. The predicted octanol–water partition coefficient (Wildman–Crippen LogP) is 1.74. The Hall–Kier alpha value is -2.61. The number of phosphoric ester groups is 1. The van der Waals surface area contributed by atoms with Gasteiger partial charge >= 0.3 is 20.1 Å². The van der Waals surface area contributed by atoms with E-state index in [0.717, 1.165) is 4.68 Å². The van der Waals surface area contributed by atoms with Crippen molar-refractivity contribution in [1.82, 2.24) is 24.5 Å². The highest BCUT2D eigenvalue weighted by Gasteiger charge is 2.32. The SMILES string of the molecule is C[C@H]1CN(c2nn(C(=O)OCCOP(=O)(O)O)c3nc(NC4CCC(NS(=O)(=O)CCC(F)(F)F)CC4)ncc23)CCO1. The fraction of sp³-hybridized carbons (Fsp3) is 0.727. The standard InChI is InChI=1S/C22H33F3N7O9PS/c1-14-13-31(7-8-39-14)19-17-12-26-20(28-18(17)32(29-19)21(33)40-9-10-41-42(34,35)36)27-15-2-4-16(5-3-15)30-43(37,38)11-6-22(23,24)25/h12,14-16,30H,2-11,13H2,1H3,(H,26,27,28)(H2,34,35,36)/t14-,15?,16?/m0/s1. The fourth-order valence-electron chi connectivity index (χ4n) is 4.78. The number of anilines is 2. The van der Waals surface area contributed by atoms with Crippen LogP contribution in [0, 0.1) is 0 Å². The summed E-state index contributed by atoms with van der Waals surface area (Å²) in [6.07, 6.45) is -3.84. The van der Waals surface area contributed by atoms with Gasteiger partial charge in [0.2, 0.25) is 16.0 Å². The third kappa shape index (κ3) is 9.95. The number of morpholine rings is 1. The fourth-order valence-corrected chi connectivity index (χ4v) is 6.45. The first kappa shape index (κ1) is 33.3. The molecule has 3 heterocycles. The van der Waals surface area contributed by atoms with Gasteiger partial charge in [0.25, 0.3) is 0 Å². The van der Waals surface area contributed by atoms with Crippen LogP contribution in [0.15, 0.2) is 6.20 Å². The number of sulfonamides is 1. The minimum Gasteiger partial charge on any atom is -0.445 e. The third-order valence-corrected chi connectivity index (χ3v) is 8.70. The summed E-state index contributed by atoms with van der Waals surface area (Å²) in [6, 6.07) is -0.676. The summed E-state index contributed by atoms with van der Waals surface area (Å²) in [6.45, 7) is 2.29. The van der Waals surface area contributed by atoms with Gasteiger partial charge in [-0.1, -0.05) is 0 Å². The van der Waals surface area contributed by atoms with Gasteiger partial charge in [-0.05, 0) is 32.6 Å². The average molecular weight is 660 g/mol. The summed E-state index contributed by atoms with van der Waals surface area (Å²) in [7, 11) is -8.82. The second kappa shape index (κ2) is 13.6. The maximum Gasteiger partial charge on any atom is 0.469 e. The first-order valence-electron chi connectivity index (χ1n) is 13.4. The van der Waals surface area contributed by atoms with E-state index in [2.05, 4.69) is 29.6 Å². The van der Waals surface area contributed by atoms with Gasteiger partial charge in [-0.3, -0.25) is 4.52 Å². The van der Waals surface area contributed by atoms with E-state index in [4.69, 9.17) is 19.3 Å². The minimum absolute atomic E-state index is 0.100. The zero-order valence-electron chi connectivity index (χ0n) is 23.1. The number of aromatic nitrogens is 4. The van der Waals surface area contributed by atoms with Crippen molar-refractivity contribution in [2.45, 2.75) is 63.4 Å². The third-order valence-electron chi connectivity index (χ3n) is 6.75. The van der Waals surface area contributed by atoms with Gasteiger partial charge in [0.05, 0.1) is 36.9 Å². The molecule has 1 atom stereocenters. The number of carbonyl (C=O) groups is 1. The molecular weight excluding hydrogens is 626 g/mol. The number of hydrogen-bond acceptors (Lipinski definition) is 12. The highest BCUT2D eigenvalue weighted by Crippen LogP contribution is 2.35. The van der Waals surface area contributed by atoms with E-state index in [1.54, 1.807) is 0 Å². The van der Waals surface area contributed by atoms with Crippen molar-refractivity contribution in [3.8, 4) is 0 Å². The van der Waals surface area contributed by atoms with E-state index in [1.165, 1.54) is 6.20 Å². The Morgan fingerprint density at radius 1 is 1.21 bits per heavy atom. The maximum absolute atomic E-state index is 12.9. The topological polar surface area (TPSA) is 207 Å². The van der Waals surface area contributed by atoms with E-state index in [9.17, 15) is 30.9 Å². The van der Waals surface area contributed by atoms with E-state index < -0.39 is 61.5 Å². The number of nitrogens with zero attached hydrogens (tertiary/aromatic N) is 5. The number of ether oxygens (including phenoxy) is 2. The minimum atomic E-state index is -4.74. The molecule has 4 rings (SSSR count). The van der Waals surface area contributed by atoms with Crippen molar-refractivity contribution in [2.75, 3.05) is 48.9 Å². The Morgan fingerprint density at radius 3 is 2.56 bits per heavy atom. The Bertz CT molecular complexity index is 1430. The van der Waals surface area contributed by atoms with Gasteiger partial charge in [-0.15, -0.1) is 9.78 Å². The Morgan fingerprint density at radius 2 is 1.91 bits per heavy atom. The molecule has 2 aromatic rings. The van der Waals surface area contributed by atoms with Gasteiger partial charge in [0.1, 0.15) is 6.61 Å². The van der Waals surface area contributed by atoms with Crippen molar-refractivity contribution in [1.29, 1.82) is 0 Å². The van der Waals surface area contributed by atoms with Crippen LogP contribution in [0.25, 0.3) is 11.0 Å². The Labute approximate surface area is 244 Å². The molecule has 2 fully saturated rings. The van der Waals surface area contributed by atoms with Crippen LogP contribution in [0.2, 0.25) is 0 Å². The van der Waals surface area contributed by atoms with Crippen LogP contribution < -0.4 is 14.9 Å². The number of rotatable bonds is 11. The van der Waals surface area contributed by atoms with Gasteiger partial charge < -0.3 is 29.5 Å². The van der Waals surface area contributed by atoms with Crippen LogP contribution in [0.1, 0.15) is 39.0 Å².